The first-order valence-corrected chi connectivity index (χ1v) is 6.82. The number of carboxylic acid groups (broad SMARTS) is 1. The van der Waals surface area contributed by atoms with Gasteiger partial charge in [0.2, 0.25) is 10.0 Å². The van der Waals surface area contributed by atoms with Crippen molar-refractivity contribution in [3.63, 3.8) is 0 Å². The zero-order valence-electron chi connectivity index (χ0n) is 9.35. The van der Waals surface area contributed by atoms with Crippen molar-refractivity contribution in [1.82, 2.24) is 4.72 Å². The van der Waals surface area contributed by atoms with Gasteiger partial charge in [-0.1, -0.05) is 6.92 Å². The Hall–Kier alpha value is -0.660. The lowest BCUT2D eigenvalue weighted by Gasteiger charge is -2.08. The van der Waals surface area contributed by atoms with Gasteiger partial charge < -0.3 is 10.2 Å². The fourth-order valence-corrected chi connectivity index (χ4v) is 2.11. The number of nitrogens with one attached hydrogen (secondary N) is 1. The number of rotatable bonds is 9. The molecule has 0 spiro atoms. The molecule has 6 nitrogen and oxygen atoms in total. The molecule has 0 aliphatic rings. The van der Waals surface area contributed by atoms with Crippen LogP contribution in [0.5, 0.6) is 0 Å². The van der Waals surface area contributed by atoms with Crippen molar-refractivity contribution < 1.29 is 23.4 Å². The van der Waals surface area contributed by atoms with Gasteiger partial charge in [0, 0.05) is 13.2 Å². The third-order valence-electron chi connectivity index (χ3n) is 2.09. The van der Waals surface area contributed by atoms with Gasteiger partial charge in [0.15, 0.2) is 0 Å². The monoisotopic (exact) mass is 253 g/mol. The molecular weight excluding hydrogens is 234 g/mol. The number of hydrogen-bond acceptors (Lipinski definition) is 4. The molecule has 0 saturated carbocycles. The van der Waals surface area contributed by atoms with Crippen LogP contribution >= 0.6 is 0 Å². The zero-order valence-corrected chi connectivity index (χ0v) is 10.2. The van der Waals surface area contributed by atoms with Crippen molar-refractivity contribution in [2.45, 2.75) is 26.2 Å². The average Bonchev–Trinajstić information content (AvgIpc) is 2.21. The highest BCUT2D eigenvalue weighted by Gasteiger charge is 2.11. The minimum Gasteiger partial charge on any atom is -0.481 e. The van der Waals surface area contributed by atoms with Crippen LogP contribution in [-0.4, -0.2) is 43.5 Å². The summed E-state index contributed by atoms with van der Waals surface area (Å²) < 4.78 is 24.8. The maximum atomic E-state index is 11.2. The van der Waals surface area contributed by atoms with E-state index in [1.807, 2.05) is 6.92 Å². The van der Waals surface area contributed by atoms with Crippen LogP contribution in [-0.2, 0) is 14.8 Å². The molecule has 7 heteroatoms. The number of aliphatic hydroxyl groups excluding tert-OH is 1. The van der Waals surface area contributed by atoms with Crippen LogP contribution in [0, 0.1) is 5.92 Å². The highest BCUT2D eigenvalue weighted by molar-refractivity contribution is 7.89. The summed E-state index contributed by atoms with van der Waals surface area (Å²) in [5.74, 6) is -1.36. The van der Waals surface area contributed by atoms with Gasteiger partial charge in [0.05, 0.1) is 12.2 Å². The molecule has 0 rings (SSSR count). The normalized spacial score (nSPS) is 13.6. The SMILES string of the molecule is CC(CO)CCCNS(=O)(=O)CCC(=O)O. The zero-order chi connectivity index (χ0) is 12.6. The van der Waals surface area contributed by atoms with Crippen molar-refractivity contribution >= 4 is 16.0 Å². The molecule has 16 heavy (non-hydrogen) atoms. The second-order valence-electron chi connectivity index (χ2n) is 3.79. The predicted octanol–water partition coefficient (Wildman–Crippen LogP) is -0.211. The van der Waals surface area contributed by atoms with Gasteiger partial charge >= 0.3 is 5.97 Å². The minimum absolute atomic E-state index is 0.0891. The largest absolute Gasteiger partial charge is 0.481 e. The molecule has 0 aromatic heterocycles. The topological polar surface area (TPSA) is 104 Å². The molecule has 0 heterocycles. The van der Waals surface area contributed by atoms with E-state index >= 15 is 0 Å². The van der Waals surface area contributed by atoms with Crippen LogP contribution in [0.2, 0.25) is 0 Å². The van der Waals surface area contributed by atoms with Crippen LogP contribution in [0.4, 0.5) is 0 Å². The number of aliphatic carboxylic acids is 1. The van der Waals surface area contributed by atoms with Gasteiger partial charge in [-0.25, -0.2) is 13.1 Å². The lowest BCUT2D eigenvalue weighted by molar-refractivity contribution is -0.136. The van der Waals surface area contributed by atoms with Crippen LogP contribution in [0.25, 0.3) is 0 Å². The van der Waals surface area contributed by atoms with E-state index in [4.69, 9.17) is 10.2 Å². The first-order valence-electron chi connectivity index (χ1n) is 5.17. The Morgan fingerprint density at radius 3 is 2.56 bits per heavy atom. The third-order valence-corrected chi connectivity index (χ3v) is 3.48. The van der Waals surface area contributed by atoms with Crippen LogP contribution in [0.3, 0.4) is 0 Å². The van der Waals surface area contributed by atoms with E-state index in [9.17, 15) is 13.2 Å². The molecule has 3 N–H and O–H groups in total. The van der Waals surface area contributed by atoms with E-state index in [0.29, 0.717) is 6.42 Å². The van der Waals surface area contributed by atoms with Crippen molar-refractivity contribution in [3.8, 4) is 0 Å². The van der Waals surface area contributed by atoms with E-state index in [1.54, 1.807) is 0 Å². The molecule has 1 atom stereocenters. The Bertz CT molecular complexity index is 301. The van der Waals surface area contributed by atoms with Gasteiger partial charge in [-0.05, 0) is 18.8 Å². The van der Waals surface area contributed by atoms with Crippen LogP contribution in [0.15, 0.2) is 0 Å². The van der Waals surface area contributed by atoms with E-state index in [1.165, 1.54) is 0 Å². The number of carbonyl (C=O) groups is 1. The second-order valence-corrected chi connectivity index (χ2v) is 5.71. The first-order chi connectivity index (χ1) is 7.37. The number of sulfonamides is 1. The van der Waals surface area contributed by atoms with Gasteiger partial charge in [-0.2, -0.15) is 0 Å². The summed E-state index contributed by atoms with van der Waals surface area (Å²) in [6, 6.07) is 0. The summed E-state index contributed by atoms with van der Waals surface area (Å²) >= 11 is 0. The first kappa shape index (κ1) is 15.3. The standard InChI is InChI=1S/C9H19NO5S/c1-8(7-11)3-2-5-10-16(14,15)6-4-9(12)13/h8,10-11H,2-7H2,1H3,(H,12,13). The molecule has 0 aromatic carbocycles. The van der Waals surface area contributed by atoms with E-state index in [2.05, 4.69) is 4.72 Å². The summed E-state index contributed by atoms with van der Waals surface area (Å²) in [5.41, 5.74) is 0. The average molecular weight is 253 g/mol. The number of aliphatic hydroxyl groups is 1. The molecular formula is C9H19NO5S. The molecule has 0 fully saturated rings. The van der Waals surface area contributed by atoms with Gasteiger partial charge in [-0.15, -0.1) is 0 Å². The lowest BCUT2D eigenvalue weighted by atomic mass is 10.1. The van der Waals surface area contributed by atoms with Gasteiger partial charge in [0.1, 0.15) is 0 Å². The highest BCUT2D eigenvalue weighted by atomic mass is 32.2. The van der Waals surface area contributed by atoms with Crippen LogP contribution in [0.1, 0.15) is 26.2 Å². The smallest absolute Gasteiger partial charge is 0.304 e. The van der Waals surface area contributed by atoms with Crippen molar-refractivity contribution in [2.75, 3.05) is 18.9 Å². The molecule has 0 bridgehead atoms. The summed E-state index contributed by atoms with van der Waals surface area (Å²) in [5, 5.41) is 17.1. The Kier molecular flexibility index (Phi) is 7.27. The molecule has 0 aromatic rings. The Morgan fingerprint density at radius 1 is 1.44 bits per heavy atom. The summed E-state index contributed by atoms with van der Waals surface area (Å²) in [6.07, 6.45) is 0.981. The molecule has 0 amide bonds. The molecule has 0 saturated heterocycles. The summed E-state index contributed by atoms with van der Waals surface area (Å²) in [7, 11) is -3.47. The molecule has 96 valence electrons. The van der Waals surface area contributed by atoms with Crippen LogP contribution < -0.4 is 4.72 Å². The van der Waals surface area contributed by atoms with Crippen molar-refractivity contribution in [1.29, 1.82) is 0 Å². The van der Waals surface area contributed by atoms with E-state index < -0.39 is 21.7 Å². The van der Waals surface area contributed by atoms with Gasteiger partial charge in [-0.3, -0.25) is 4.79 Å². The summed E-state index contributed by atoms with van der Waals surface area (Å²) in [6.45, 7) is 2.25. The quantitative estimate of drug-likeness (QED) is 0.493. The Morgan fingerprint density at radius 2 is 2.06 bits per heavy atom. The third kappa shape index (κ3) is 8.63. The van der Waals surface area contributed by atoms with Gasteiger partial charge in [0.25, 0.3) is 0 Å². The number of hydrogen-bond donors (Lipinski definition) is 3. The fraction of sp³-hybridized carbons (Fsp3) is 0.889. The molecule has 0 aliphatic carbocycles. The van der Waals surface area contributed by atoms with E-state index in [0.717, 1.165) is 6.42 Å². The highest BCUT2D eigenvalue weighted by Crippen LogP contribution is 2.03. The maximum Gasteiger partial charge on any atom is 0.304 e. The molecule has 1 unspecified atom stereocenters. The Balaban J connectivity index is 3.70. The fourth-order valence-electron chi connectivity index (χ4n) is 1.06. The number of carboxylic acids is 1. The second kappa shape index (κ2) is 7.59. The van der Waals surface area contributed by atoms with Crippen molar-refractivity contribution in [3.05, 3.63) is 0 Å². The summed E-state index contributed by atoms with van der Waals surface area (Å²) in [4.78, 5) is 10.2. The predicted molar refractivity (Wildman–Crippen MR) is 59.5 cm³/mol. The van der Waals surface area contributed by atoms with E-state index in [-0.39, 0.29) is 25.5 Å². The Labute approximate surface area is 95.7 Å². The minimum atomic E-state index is -3.47. The molecule has 0 radical (unpaired) electrons. The molecule has 0 aliphatic heterocycles. The lowest BCUT2D eigenvalue weighted by Crippen LogP contribution is -2.28. The van der Waals surface area contributed by atoms with Crippen molar-refractivity contribution in [2.24, 2.45) is 5.92 Å². The maximum absolute atomic E-state index is 11.2.